The number of hydrogen-bond acceptors (Lipinski definition) is 4. The fourth-order valence-electron chi connectivity index (χ4n) is 2.61. The van der Waals surface area contributed by atoms with Gasteiger partial charge >= 0.3 is 0 Å². The Balaban J connectivity index is 1.88. The Labute approximate surface area is 113 Å². The fourth-order valence-corrected chi connectivity index (χ4v) is 2.61. The minimum absolute atomic E-state index is 0.419. The molecule has 2 aromatic rings. The highest BCUT2D eigenvalue weighted by Gasteiger charge is 2.21. The summed E-state index contributed by atoms with van der Waals surface area (Å²) in [6, 6.07) is 2.32. The highest BCUT2D eigenvalue weighted by molar-refractivity contribution is 5.53. The molecule has 0 fully saturated rings. The Morgan fingerprint density at radius 2 is 2.42 bits per heavy atom. The lowest BCUT2D eigenvalue weighted by molar-refractivity contribution is 0.454. The molecule has 0 bridgehead atoms. The number of aromatic nitrogens is 2. The van der Waals surface area contributed by atoms with E-state index in [4.69, 9.17) is 9.40 Å². The summed E-state index contributed by atoms with van der Waals surface area (Å²) in [4.78, 5) is 9.18. The molecule has 1 atom stereocenters. The summed E-state index contributed by atoms with van der Waals surface area (Å²) < 4.78 is 5.09. The van der Waals surface area contributed by atoms with Gasteiger partial charge in [-0.3, -0.25) is 0 Å². The van der Waals surface area contributed by atoms with E-state index in [1.54, 1.807) is 12.5 Å². The zero-order chi connectivity index (χ0) is 13.1. The number of rotatable bonds is 4. The molecule has 0 aliphatic heterocycles. The molecular weight excluding hydrogens is 238 g/mol. The van der Waals surface area contributed by atoms with Gasteiger partial charge in [0.05, 0.1) is 11.8 Å². The van der Waals surface area contributed by atoms with Gasteiger partial charge in [-0.1, -0.05) is 6.92 Å². The van der Waals surface area contributed by atoms with E-state index >= 15 is 0 Å². The molecule has 0 saturated heterocycles. The van der Waals surface area contributed by atoms with Gasteiger partial charge in [-0.25, -0.2) is 9.97 Å². The van der Waals surface area contributed by atoms with Crippen molar-refractivity contribution in [2.45, 2.75) is 38.6 Å². The minimum atomic E-state index is 0.419. The zero-order valence-corrected chi connectivity index (χ0v) is 11.2. The van der Waals surface area contributed by atoms with Gasteiger partial charge in [-0.15, -0.1) is 0 Å². The molecule has 1 aliphatic rings. The molecule has 0 radical (unpaired) electrons. The lowest BCUT2D eigenvalue weighted by atomic mass is 9.92. The first-order valence-electron chi connectivity index (χ1n) is 7.00. The monoisotopic (exact) mass is 257 g/mol. The molecule has 19 heavy (non-hydrogen) atoms. The summed E-state index contributed by atoms with van der Waals surface area (Å²) in [5, 5.41) is 3.58. The van der Waals surface area contributed by atoms with Crippen molar-refractivity contribution in [3.63, 3.8) is 0 Å². The maximum absolute atomic E-state index is 5.09. The molecule has 4 nitrogen and oxygen atoms in total. The summed E-state index contributed by atoms with van der Waals surface area (Å²) in [7, 11) is 0. The van der Waals surface area contributed by atoms with Gasteiger partial charge in [0.15, 0.2) is 5.82 Å². The van der Waals surface area contributed by atoms with E-state index in [1.165, 1.54) is 24.1 Å². The highest BCUT2D eigenvalue weighted by atomic mass is 16.3. The lowest BCUT2D eigenvalue weighted by Crippen LogP contribution is -2.26. The van der Waals surface area contributed by atoms with Crippen LogP contribution in [0.25, 0.3) is 11.4 Å². The smallest absolute Gasteiger partial charge is 0.162 e. The van der Waals surface area contributed by atoms with Crippen LogP contribution in [-0.4, -0.2) is 16.5 Å². The summed E-state index contributed by atoms with van der Waals surface area (Å²) >= 11 is 0. The lowest BCUT2D eigenvalue weighted by Gasteiger charge is -2.25. The van der Waals surface area contributed by atoms with Gasteiger partial charge in [-0.05, 0) is 38.3 Å². The van der Waals surface area contributed by atoms with E-state index in [0.29, 0.717) is 6.04 Å². The molecule has 4 heteroatoms. The predicted molar refractivity (Wildman–Crippen MR) is 73.7 cm³/mol. The van der Waals surface area contributed by atoms with E-state index in [0.717, 1.165) is 30.8 Å². The molecule has 1 N–H and O–H groups in total. The van der Waals surface area contributed by atoms with Gasteiger partial charge in [0, 0.05) is 23.5 Å². The predicted octanol–water partition coefficient (Wildman–Crippen LogP) is 3.11. The van der Waals surface area contributed by atoms with Crippen molar-refractivity contribution in [2.24, 2.45) is 0 Å². The summed E-state index contributed by atoms with van der Waals surface area (Å²) in [5.41, 5.74) is 3.41. The first kappa shape index (κ1) is 12.4. The van der Waals surface area contributed by atoms with E-state index in [1.807, 2.05) is 12.3 Å². The Bertz CT molecular complexity index is 536. The van der Waals surface area contributed by atoms with Gasteiger partial charge in [0.25, 0.3) is 0 Å². The average molecular weight is 257 g/mol. The SMILES string of the molecule is CCCNC1CCCc2nc(-c3ccoc3)ncc21. The van der Waals surface area contributed by atoms with Crippen molar-refractivity contribution in [3.05, 3.63) is 36.0 Å². The Hall–Kier alpha value is -1.68. The number of nitrogens with one attached hydrogen (secondary N) is 1. The van der Waals surface area contributed by atoms with Crippen LogP contribution in [0.2, 0.25) is 0 Å². The maximum atomic E-state index is 5.09. The fraction of sp³-hybridized carbons (Fsp3) is 0.467. The number of furan rings is 1. The van der Waals surface area contributed by atoms with Crippen LogP contribution >= 0.6 is 0 Å². The van der Waals surface area contributed by atoms with Crippen molar-refractivity contribution in [3.8, 4) is 11.4 Å². The number of aryl methyl sites for hydroxylation is 1. The zero-order valence-electron chi connectivity index (χ0n) is 11.2. The highest BCUT2D eigenvalue weighted by Crippen LogP contribution is 2.29. The Morgan fingerprint density at radius 1 is 1.47 bits per heavy atom. The van der Waals surface area contributed by atoms with Crippen molar-refractivity contribution in [1.82, 2.24) is 15.3 Å². The van der Waals surface area contributed by atoms with Crippen LogP contribution in [0, 0.1) is 0 Å². The molecule has 1 aliphatic carbocycles. The van der Waals surface area contributed by atoms with Crippen LogP contribution < -0.4 is 5.32 Å². The second kappa shape index (κ2) is 5.53. The van der Waals surface area contributed by atoms with Crippen LogP contribution in [-0.2, 0) is 6.42 Å². The second-order valence-electron chi connectivity index (χ2n) is 5.01. The van der Waals surface area contributed by atoms with Gasteiger partial charge in [0.2, 0.25) is 0 Å². The molecule has 2 aromatic heterocycles. The summed E-state index contributed by atoms with van der Waals surface area (Å²) in [5.74, 6) is 0.767. The Kier molecular flexibility index (Phi) is 3.60. The van der Waals surface area contributed by atoms with Crippen molar-refractivity contribution in [1.29, 1.82) is 0 Å². The third-order valence-corrected chi connectivity index (χ3v) is 3.60. The average Bonchev–Trinajstić information content (AvgIpc) is 2.98. The standard InChI is InChI=1S/C15H19N3O/c1-2-7-16-13-4-3-5-14-12(13)9-17-15(18-14)11-6-8-19-10-11/h6,8-10,13,16H,2-5,7H2,1H3. The quantitative estimate of drug-likeness (QED) is 0.914. The van der Waals surface area contributed by atoms with Crippen LogP contribution in [0.15, 0.2) is 29.2 Å². The normalized spacial score (nSPS) is 18.3. The molecule has 0 spiro atoms. The first-order chi connectivity index (χ1) is 9.38. The van der Waals surface area contributed by atoms with Gasteiger partial charge in [-0.2, -0.15) is 0 Å². The molecule has 100 valence electrons. The van der Waals surface area contributed by atoms with Gasteiger partial charge in [0.1, 0.15) is 6.26 Å². The van der Waals surface area contributed by atoms with Gasteiger partial charge < -0.3 is 9.73 Å². The van der Waals surface area contributed by atoms with Crippen LogP contribution in [0.4, 0.5) is 0 Å². The van der Waals surface area contributed by atoms with Crippen LogP contribution in [0.5, 0.6) is 0 Å². The van der Waals surface area contributed by atoms with Crippen molar-refractivity contribution in [2.75, 3.05) is 6.54 Å². The van der Waals surface area contributed by atoms with Crippen LogP contribution in [0.1, 0.15) is 43.5 Å². The Morgan fingerprint density at radius 3 is 3.21 bits per heavy atom. The number of fused-ring (bicyclic) bond motifs is 1. The topological polar surface area (TPSA) is 51.0 Å². The largest absolute Gasteiger partial charge is 0.472 e. The first-order valence-corrected chi connectivity index (χ1v) is 7.00. The van der Waals surface area contributed by atoms with Crippen LogP contribution in [0.3, 0.4) is 0 Å². The summed E-state index contributed by atoms with van der Waals surface area (Å²) in [6.45, 7) is 3.24. The van der Waals surface area contributed by atoms with Crippen molar-refractivity contribution < 1.29 is 4.42 Å². The van der Waals surface area contributed by atoms with E-state index in [-0.39, 0.29) is 0 Å². The molecule has 3 rings (SSSR count). The molecule has 0 saturated carbocycles. The second-order valence-corrected chi connectivity index (χ2v) is 5.01. The van der Waals surface area contributed by atoms with Crippen molar-refractivity contribution >= 4 is 0 Å². The minimum Gasteiger partial charge on any atom is -0.472 e. The summed E-state index contributed by atoms with van der Waals surface area (Å²) in [6.07, 6.45) is 9.91. The molecule has 1 unspecified atom stereocenters. The molecule has 0 aromatic carbocycles. The third kappa shape index (κ3) is 2.54. The molecule has 2 heterocycles. The maximum Gasteiger partial charge on any atom is 0.162 e. The number of nitrogens with zero attached hydrogens (tertiary/aromatic N) is 2. The molecular formula is C15H19N3O. The number of hydrogen-bond donors (Lipinski definition) is 1. The van der Waals surface area contributed by atoms with E-state index in [9.17, 15) is 0 Å². The van der Waals surface area contributed by atoms with E-state index < -0.39 is 0 Å². The molecule has 0 amide bonds. The van der Waals surface area contributed by atoms with E-state index in [2.05, 4.69) is 17.2 Å². The third-order valence-electron chi connectivity index (χ3n) is 3.60.